The lowest BCUT2D eigenvalue weighted by Crippen LogP contribution is -2.33. The number of hydrogen-bond donors (Lipinski definition) is 1. The van der Waals surface area contributed by atoms with Crippen LogP contribution in [0.15, 0.2) is 0 Å². The summed E-state index contributed by atoms with van der Waals surface area (Å²) in [5, 5.41) is 3.52. The lowest BCUT2D eigenvalue weighted by molar-refractivity contribution is 0.0470. The van der Waals surface area contributed by atoms with Gasteiger partial charge in [0.25, 0.3) is 0 Å². The fourth-order valence-corrected chi connectivity index (χ4v) is 3.44. The van der Waals surface area contributed by atoms with E-state index in [1.165, 1.54) is 51.4 Å². The van der Waals surface area contributed by atoms with Crippen LogP contribution in [0, 0.1) is 5.92 Å². The second kappa shape index (κ2) is 6.02. The Bertz CT molecular complexity index is 201. The van der Waals surface area contributed by atoms with Crippen LogP contribution in [0.1, 0.15) is 58.3 Å². The Hall–Kier alpha value is -0.0800. The number of rotatable bonds is 5. The first-order chi connectivity index (χ1) is 7.79. The van der Waals surface area contributed by atoms with Crippen molar-refractivity contribution in [2.75, 3.05) is 7.05 Å². The summed E-state index contributed by atoms with van der Waals surface area (Å²) < 4.78 is 5.89. The van der Waals surface area contributed by atoms with Crippen LogP contribution in [0.2, 0.25) is 0 Å². The van der Waals surface area contributed by atoms with E-state index in [0.29, 0.717) is 12.2 Å². The van der Waals surface area contributed by atoms with E-state index in [0.717, 1.165) is 12.0 Å². The predicted octanol–water partition coefficient (Wildman–Crippen LogP) is 3.11. The van der Waals surface area contributed by atoms with Gasteiger partial charge in [0.05, 0.1) is 12.2 Å². The molecule has 1 aliphatic heterocycles. The Morgan fingerprint density at radius 1 is 1.19 bits per heavy atom. The molecule has 1 saturated carbocycles. The summed E-state index contributed by atoms with van der Waals surface area (Å²) in [4.78, 5) is 0. The zero-order valence-corrected chi connectivity index (χ0v) is 10.9. The molecule has 0 aromatic carbocycles. The molecular formula is C14H27NO. The third kappa shape index (κ3) is 3.21. The minimum absolute atomic E-state index is 0.504. The van der Waals surface area contributed by atoms with Gasteiger partial charge in [0.15, 0.2) is 0 Å². The molecule has 0 amide bonds. The molecule has 3 unspecified atom stereocenters. The molecule has 2 nitrogen and oxygen atoms in total. The van der Waals surface area contributed by atoms with Crippen molar-refractivity contribution in [2.24, 2.45) is 5.92 Å². The van der Waals surface area contributed by atoms with Gasteiger partial charge in [-0.1, -0.05) is 12.8 Å². The highest BCUT2D eigenvalue weighted by atomic mass is 16.5. The maximum atomic E-state index is 5.89. The van der Waals surface area contributed by atoms with Crippen molar-refractivity contribution in [1.82, 2.24) is 5.32 Å². The van der Waals surface area contributed by atoms with Crippen LogP contribution in [0.4, 0.5) is 0 Å². The molecule has 0 aromatic rings. The first kappa shape index (κ1) is 12.4. The van der Waals surface area contributed by atoms with Crippen molar-refractivity contribution < 1.29 is 4.74 Å². The summed E-state index contributed by atoms with van der Waals surface area (Å²) in [7, 11) is 2.13. The van der Waals surface area contributed by atoms with E-state index in [9.17, 15) is 0 Å². The minimum atomic E-state index is 0.504. The number of hydrogen-bond acceptors (Lipinski definition) is 2. The predicted molar refractivity (Wildman–Crippen MR) is 67.6 cm³/mol. The van der Waals surface area contributed by atoms with Crippen molar-refractivity contribution in [2.45, 2.75) is 76.5 Å². The standard InChI is InChI=1S/C14H27NO/c1-11-7-8-13(16-11)9-10-14(15-2)12-5-3-4-6-12/h11-15H,3-10H2,1-2H3. The third-order valence-electron chi connectivity index (χ3n) is 4.46. The molecule has 2 heteroatoms. The second-order valence-corrected chi connectivity index (χ2v) is 5.66. The highest BCUT2D eigenvalue weighted by Gasteiger charge is 2.26. The molecule has 2 aliphatic rings. The van der Waals surface area contributed by atoms with Gasteiger partial charge >= 0.3 is 0 Å². The quantitative estimate of drug-likeness (QED) is 0.776. The fourth-order valence-electron chi connectivity index (χ4n) is 3.44. The minimum Gasteiger partial charge on any atom is -0.375 e. The van der Waals surface area contributed by atoms with Crippen molar-refractivity contribution in [3.8, 4) is 0 Å². The molecule has 94 valence electrons. The Balaban J connectivity index is 1.70. The molecule has 3 atom stereocenters. The summed E-state index contributed by atoms with van der Waals surface area (Å²) in [6.07, 6.45) is 11.9. The van der Waals surface area contributed by atoms with Crippen molar-refractivity contribution in [1.29, 1.82) is 0 Å². The molecule has 16 heavy (non-hydrogen) atoms. The molecule has 0 radical (unpaired) electrons. The zero-order valence-electron chi connectivity index (χ0n) is 10.9. The summed E-state index contributed by atoms with van der Waals surface area (Å²) >= 11 is 0. The van der Waals surface area contributed by atoms with Gasteiger partial charge in [-0.05, 0) is 58.4 Å². The Morgan fingerprint density at radius 3 is 2.50 bits per heavy atom. The maximum Gasteiger partial charge on any atom is 0.0580 e. The average Bonchev–Trinajstić information content (AvgIpc) is 2.91. The van der Waals surface area contributed by atoms with Crippen LogP contribution in [0.3, 0.4) is 0 Å². The highest BCUT2D eigenvalue weighted by Crippen LogP contribution is 2.31. The molecule has 1 saturated heterocycles. The van der Waals surface area contributed by atoms with E-state index in [-0.39, 0.29) is 0 Å². The van der Waals surface area contributed by atoms with Crippen molar-refractivity contribution in [3.05, 3.63) is 0 Å². The van der Waals surface area contributed by atoms with Gasteiger partial charge in [-0.25, -0.2) is 0 Å². The number of nitrogens with one attached hydrogen (secondary N) is 1. The SMILES string of the molecule is CNC(CCC1CCC(C)O1)C1CCCC1. The van der Waals surface area contributed by atoms with Gasteiger partial charge < -0.3 is 10.1 Å². The van der Waals surface area contributed by atoms with Gasteiger partial charge in [-0.15, -0.1) is 0 Å². The van der Waals surface area contributed by atoms with Gasteiger partial charge in [-0.2, -0.15) is 0 Å². The Morgan fingerprint density at radius 2 is 1.94 bits per heavy atom. The second-order valence-electron chi connectivity index (χ2n) is 5.66. The van der Waals surface area contributed by atoms with Crippen LogP contribution in [0.5, 0.6) is 0 Å². The van der Waals surface area contributed by atoms with Crippen LogP contribution >= 0.6 is 0 Å². The van der Waals surface area contributed by atoms with Crippen LogP contribution in [-0.4, -0.2) is 25.3 Å². The van der Waals surface area contributed by atoms with Gasteiger partial charge in [-0.3, -0.25) is 0 Å². The van der Waals surface area contributed by atoms with E-state index in [2.05, 4.69) is 19.3 Å². The first-order valence-corrected chi connectivity index (χ1v) is 7.12. The Labute approximate surface area is 100 Å². The molecule has 1 heterocycles. The normalized spacial score (nSPS) is 33.4. The molecule has 0 bridgehead atoms. The van der Waals surface area contributed by atoms with E-state index < -0.39 is 0 Å². The van der Waals surface area contributed by atoms with Gasteiger partial charge in [0.2, 0.25) is 0 Å². The van der Waals surface area contributed by atoms with Crippen LogP contribution < -0.4 is 5.32 Å². The maximum absolute atomic E-state index is 5.89. The van der Waals surface area contributed by atoms with Crippen LogP contribution in [0.25, 0.3) is 0 Å². The summed E-state index contributed by atoms with van der Waals surface area (Å²) in [6.45, 7) is 2.20. The fraction of sp³-hybridized carbons (Fsp3) is 1.00. The Kier molecular flexibility index (Phi) is 4.66. The summed E-state index contributed by atoms with van der Waals surface area (Å²) in [5.74, 6) is 0.934. The molecule has 2 fully saturated rings. The molecule has 2 rings (SSSR count). The lowest BCUT2D eigenvalue weighted by Gasteiger charge is -2.24. The summed E-state index contributed by atoms with van der Waals surface area (Å²) in [6, 6.07) is 0.738. The molecule has 0 spiro atoms. The topological polar surface area (TPSA) is 21.3 Å². The van der Waals surface area contributed by atoms with E-state index >= 15 is 0 Å². The highest BCUT2D eigenvalue weighted by molar-refractivity contribution is 4.81. The molecular weight excluding hydrogens is 198 g/mol. The lowest BCUT2D eigenvalue weighted by atomic mass is 9.93. The average molecular weight is 225 g/mol. The largest absolute Gasteiger partial charge is 0.375 e. The van der Waals surface area contributed by atoms with Crippen molar-refractivity contribution in [3.63, 3.8) is 0 Å². The van der Waals surface area contributed by atoms with Crippen LogP contribution in [-0.2, 0) is 4.74 Å². The summed E-state index contributed by atoms with van der Waals surface area (Å²) in [5.41, 5.74) is 0. The molecule has 1 aliphatic carbocycles. The monoisotopic (exact) mass is 225 g/mol. The molecule has 1 N–H and O–H groups in total. The number of ether oxygens (including phenoxy) is 1. The third-order valence-corrected chi connectivity index (χ3v) is 4.46. The van der Waals surface area contributed by atoms with E-state index in [1.807, 2.05) is 0 Å². The van der Waals surface area contributed by atoms with Gasteiger partial charge in [0, 0.05) is 6.04 Å². The van der Waals surface area contributed by atoms with Gasteiger partial charge in [0.1, 0.15) is 0 Å². The molecule has 0 aromatic heterocycles. The van der Waals surface area contributed by atoms with E-state index in [4.69, 9.17) is 4.74 Å². The first-order valence-electron chi connectivity index (χ1n) is 7.12. The van der Waals surface area contributed by atoms with Crippen molar-refractivity contribution >= 4 is 0 Å². The van der Waals surface area contributed by atoms with E-state index in [1.54, 1.807) is 0 Å². The smallest absolute Gasteiger partial charge is 0.0580 e. The zero-order chi connectivity index (χ0) is 11.4.